The normalized spacial score (nSPS) is 12.6. The van der Waals surface area contributed by atoms with Crippen molar-refractivity contribution in [3.05, 3.63) is 64.7 Å². The van der Waals surface area contributed by atoms with E-state index in [1.54, 1.807) is 18.3 Å². The number of hydrogen-bond donors (Lipinski definition) is 1. The van der Waals surface area contributed by atoms with E-state index in [9.17, 15) is 4.39 Å². The Morgan fingerprint density at radius 1 is 1.33 bits per heavy atom. The van der Waals surface area contributed by atoms with Crippen LogP contribution in [-0.2, 0) is 6.54 Å². The van der Waals surface area contributed by atoms with Crippen LogP contribution in [0.2, 0.25) is 5.02 Å². The van der Waals surface area contributed by atoms with Gasteiger partial charge in [-0.3, -0.25) is 9.88 Å². The molecule has 1 atom stereocenters. The highest BCUT2D eigenvalue weighted by atomic mass is 35.5. The average molecular weight is 308 g/mol. The average Bonchev–Trinajstić information content (AvgIpc) is 2.51. The van der Waals surface area contributed by atoms with Crippen molar-refractivity contribution in [3.63, 3.8) is 0 Å². The number of hydrogen-bond acceptors (Lipinski definition) is 3. The van der Waals surface area contributed by atoms with E-state index in [1.165, 1.54) is 6.07 Å². The van der Waals surface area contributed by atoms with Gasteiger partial charge in [-0.05, 0) is 36.9 Å². The Kier molecular flexibility index (Phi) is 5.67. The molecule has 0 bridgehead atoms. The van der Waals surface area contributed by atoms with Crippen molar-refractivity contribution in [3.8, 4) is 0 Å². The molecule has 0 radical (unpaired) electrons. The van der Waals surface area contributed by atoms with E-state index >= 15 is 0 Å². The van der Waals surface area contributed by atoms with Gasteiger partial charge < -0.3 is 5.73 Å². The van der Waals surface area contributed by atoms with Crippen LogP contribution >= 0.6 is 11.6 Å². The number of halogens is 2. The molecule has 0 fully saturated rings. The van der Waals surface area contributed by atoms with Crippen molar-refractivity contribution in [1.29, 1.82) is 0 Å². The lowest BCUT2D eigenvalue weighted by atomic mass is 10.0. The molecule has 0 aliphatic rings. The maximum Gasteiger partial charge on any atom is 0.128 e. The second-order valence-electron chi connectivity index (χ2n) is 4.80. The van der Waals surface area contributed by atoms with Crippen LogP contribution in [0.5, 0.6) is 0 Å². The van der Waals surface area contributed by atoms with Gasteiger partial charge in [0.2, 0.25) is 0 Å². The number of pyridine rings is 1. The van der Waals surface area contributed by atoms with Crippen LogP contribution in [0.3, 0.4) is 0 Å². The van der Waals surface area contributed by atoms with Crippen LogP contribution in [0.15, 0.2) is 42.6 Å². The van der Waals surface area contributed by atoms with Crippen molar-refractivity contribution in [1.82, 2.24) is 9.88 Å². The van der Waals surface area contributed by atoms with Gasteiger partial charge in [-0.2, -0.15) is 0 Å². The summed E-state index contributed by atoms with van der Waals surface area (Å²) in [7, 11) is 0. The van der Waals surface area contributed by atoms with Gasteiger partial charge in [0.25, 0.3) is 0 Å². The second-order valence-corrected chi connectivity index (χ2v) is 5.24. The zero-order valence-electron chi connectivity index (χ0n) is 12.0. The van der Waals surface area contributed by atoms with Crippen LogP contribution in [0.25, 0.3) is 0 Å². The molecular weight excluding hydrogens is 289 g/mol. The van der Waals surface area contributed by atoms with E-state index in [1.807, 2.05) is 25.1 Å². The first-order chi connectivity index (χ1) is 10.2. The topological polar surface area (TPSA) is 42.2 Å². The number of likely N-dealkylation sites (N-methyl/N-ethyl adjacent to an activating group) is 1. The molecule has 2 aromatic rings. The zero-order valence-corrected chi connectivity index (χ0v) is 12.7. The Morgan fingerprint density at radius 3 is 2.76 bits per heavy atom. The summed E-state index contributed by atoms with van der Waals surface area (Å²) in [5.74, 6) is -0.283. The Morgan fingerprint density at radius 2 is 2.14 bits per heavy atom. The molecule has 0 saturated carbocycles. The Bertz CT molecular complexity index is 577. The van der Waals surface area contributed by atoms with Gasteiger partial charge in [0.1, 0.15) is 5.82 Å². The van der Waals surface area contributed by atoms with Crippen molar-refractivity contribution in [2.24, 2.45) is 5.73 Å². The summed E-state index contributed by atoms with van der Waals surface area (Å²) in [6.07, 6.45) is 1.75. The molecule has 1 aromatic heterocycles. The van der Waals surface area contributed by atoms with Crippen molar-refractivity contribution < 1.29 is 4.39 Å². The maximum absolute atomic E-state index is 14.1. The molecular formula is C16H19ClFN3. The fourth-order valence-electron chi connectivity index (χ4n) is 2.38. The van der Waals surface area contributed by atoms with E-state index in [0.717, 1.165) is 12.2 Å². The molecule has 3 nitrogen and oxygen atoms in total. The Balaban J connectivity index is 2.27. The summed E-state index contributed by atoms with van der Waals surface area (Å²) in [6.45, 7) is 3.70. The highest BCUT2D eigenvalue weighted by Gasteiger charge is 2.21. The van der Waals surface area contributed by atoms with Crippen molar-refractivity contribution >= 4 is 11.6 Å². The van der Waals surface area contributed by atoms with E-state index in [4.69, 9.17) is 17.3 Å². The molecule has 1 aromatic carbocycles. The summed E-state index contributed by atoms with van der Waals surface area (Å²) in [4.78, 5) is 6.41. The predicted octanol–water partition coefficient (Wildman–Crippen LogP) is 3.40. The maximum atomic E-state index is 14.1. The Hall–Kier alpha value is -1.49. The molecule has 1 heterocycles. The molecule has 0 saturated heterocycles. The number of aromatic nitrogens is 1. The molecule has 5 heteroatoms. The molecule has 0 aliphatic heterocycles. The van der Waals surface area contributed by atoms with Crippen LogP contribution in [-0.4, -0.2) is 23.0 Å². The minimum absolute atomic E-state index is 0.226. The summed E-state index contributed by atoms with van der Waals surface area (Å²) in [6, 6.07) is 10.1. The van der Waals surface area contributed by atoms with Crippen LogP contribution in [0.4, 0.5) is 4.39 Å². The summed E-state index contributed by atoms with van der Waals surface area (Å²) in [5, 5.41) is 0.513. The van der Waals surface area contributed by atoms with E-state index in [2.05, 4.69) is 9.88 Å². The second kappa shape index (κ2) is 7.50. The molecule has 0 amide bonds. The number of nitrogens with zero attached hydrogens (tertiary/aromatic N) is 2. The van der Waals surface area contributed by atoms with Crippen LogP contribution in [0.1, 0.15) is 24.2 Å². The van der Waals surface area contributed by atoms with E-state index in [0.29, 0.717) is 23.7 Å². The van der Waals surface area contributed by atoms with Crippen molar-refractivity contribution in [2.45, 2.75) is 19.5 Å². The fourth-order valence-corrected chi connectivity index (χ4v) is 2.57. The molecule has 21 heavy (non-hydrogen) atoms. The first-order valence-electron chi connectivity index (χ1n) is 6.94. The lowest BCUT2D eigenvalue weighted by Crippen LogP contribution is -2.34. The molecule has 0 spiro atoms. The minimum atomic E-state index is -0.283. The molecule has 1 unspecified atom stereocenters. The van der Waals surface area contributed by atoms with Gasteiger partial charge in [-0.1, -0.05) is 24.6 Å². The summed E-state index contributed by atoms with van der Waals surface area (Å²) < 4.78 is 14.1. The highest BCUT2D eigenvalue weighted by Crippen LogP contribution is 2.26. The third-order valence-corrected chi connectivity index (χ3v) is 3.71. The SMILES string of the molecule is CCN(Cc1ccccn1)C(CN)c1cc(Cl)ccc1F. The van der Waals surface area contributed by atoms with Gasteiger partial charge in [-0.15, -0.1) is 0 Å². The van der Waals surface area contributed by atoms with Gasteiger partial charge >= 0.3 is 0 Å². The number of benzene rings is 1. The lowest BCUT2D eigenvalue weighted by molar-refractivity contribution is 0.197. The first-order valence-corrected chi connectivity index (χ1v) is 7.32. The number of nitrogens with two attached hydrogens (primary N) is 1. The highest BCUT2D eigenvalue weighted by molar-refractivity contribution is 6.30. The van der Waals surface area contributed by atoms with Crippen molar-refractivity contribution in [2.75, 3.05) is 13.1 Å². The van der Waals surface area contributed by atoms with Crippen LogP contribution < -0.4 is 5.73 Å². The van der Waals surface area contributed by atoms with Crippen LogP contribution in [0, 0.1) is 5.82 Å². The lowest BCUT2D eigenvalue weighted by Gasteiger charge is -2.30. The third kappa shape index (κ3) is 4.00. The fraction of sp³-hybridized carbons (Fsp3) is 0.312. The molecule has 2 rings (SSSR count). The largest absolute Gasteiger partial charge is 0.329 e. The Labute approximate surface area is 129 Å². The number of rotatable bonds is 6. The summed E-state index contributed by atoms with van der Waals surface area (Å²) >= 11 is 5.99. The van der Waals surface area contributed by atoms with E-state index < -0.39 is 0 Å². The van der Waals surface area contributed by atoms with E-state index in [-0.39, 0.29) is 11.9 Å². The standard InChI is InChI=1S/C16H19ClFN3/c1-2-21(11-13-5-3-4-8-20-13)16(10-19)14-9-12(17)6-7-15(14)18/h3-9,16H,2,10-11,19H2,1H3. The zero-order chi connectivity index (χ0) is 15.2. The molecule has 112 valence electrons. The van der Waals surface area contributed by atoms with Gasteiger partial charge in [-0.25, -0.2) is 4.39 Å². The molecule has 0 aliphatic carbocycles. The monoisotopic (exact) mass is 307 g/mol. The first kappa shape index (κ1) is 15.9. The van der Waals surface area contributed by atoms with Gasteiger partial charge in [0.15, 0.2) is 0 Å². The van der Waals surface area contributed by atoms with Gasteiger partial charge in [0.05, 0.1) is 11.7 Å². The third-order valence-electron chi connectivity index (χ3n) is 3.48. The quantitative estimate of drug-likeness (QED) is 0.889. The predicted molar refractivity (Wildman–Crippen MR) is 83.5 cm³/mol. The smallest absolute Gasteiger partial charge is 0.128 e. The van der Waals surface area contributed by atoms with Gasteiger partial charge in [0, 0.05) is 29.9 Å². The minimum Gasteiger partial charge on any atom is -0.329 e. The summed E-state index contributed by atoms with van der Waals surface area (Å²) in [5.41, 5.74) is 7.34. The molecule has 2 N–H and O–H groups in total.